The maximum absolute atomic E-state index is 13.4. The molecule has 3 fully saturated rings. The lowest BCUT2D eigenvalue weighted by Gasteiger charge is -2.48. The number of rotatable bonds is 59. The average Bonchev–Trinajstić information content (AvgIpc) is 0.787. The monoisotopic (exact) mass is 1350 g/mol. The maximum atomic E-state index is 13.4. The zero-order valence-electron chi connectivity index (χ0n) is 58.9. The molecule has 0 bridgehead atoms. The first-order valence-corrected chi connectivity index (χ1v) is 38.0. The number of hydrogen-bond donors (Lipinski definition) is 12. The van der Waals surface area contributed by atoms with E-state index in [1.165, 1.54) is 167 Å². The van der Waals surface area contributed by atoms with Gasteiger partial charge in [0.25, 0.3) is 0 Å². The van der Waals surface area contributed by atoms with E-state index >= 15 is 0 Å². The molecule has 0 aliphatic carbocycles. The molecule has 0 saturated carbocycles. The first-order chi connectivity index (χ1) is 46.3. The van der Waals surface area contributed by atoms with Gasteiger partial charge in [-0.05, 0) is 77.0 Å². The van der Waals surface area contributed by atoms with Crippen molar-refractivity contribution in [2.75, 3.05) is 26.4 Å². The highest BCUT2D eigenvalue weighted by atomic mass is 16.8. The summed E-state index contributed by atoms with van der Waals surface area (Å²) in [6.45, 7) is 1.71. The molecule has 3 rings (SSSR count). The average molecular weight is 1350 g/mol. The van der Waals surface area contributed by atoms with Gasteiger partial charge in [0.15, 0.2) is 18.9 Å². The van der Waals surface area contributed by atoms with Crippen LogP contribution in [0.3, 0.4) is 0 Å². The highest BCUT2D eigenvalue weighted by Crippen LogP contribution is 2.33. The van der Waals surface area contributed by atoms with Crippen molar-refractivity contribution < 1.29 is 89.4 Å². The van der Waals surface area contributed by atoms with Gasteiger partial charge in [0.1, 0.15) is 73.2 Å². The smallest absolute Gasteiger partial charge is 0.220 e. The molecular weight excluding hydrogens is 1210 g/mol. The summed E-state index contributed by atoms with van der Waals surface area (Å²) >= 11 is 0. The summed E-state index contributed by atoms with van der Waals surface area (Å²) in [6.07, 6.45) is 45.0. The number of amides is 1. The van der Waals surface area contributed by atoms with Gasteiger partial charge in [0.05, 0.1) is 38.6 Å². The second-order valence-corrected chi connectivity index (χ2v) is 27.1. The number of aliphatic hydroxyl groups is 11. The molecule has 0 aromatic rings. The Kier molecular flexibility index (Phi) is 52.2. The molecule has 95 heavy (non-hydrogen) atoms. The minimum Gasteiger partial charge on any atom is -0.394 e. The first-order valence-electron chi connectivity index (χ1n) is 38.0. The van der Waals surface area contributed by atoms with Crippen LogP contribution in [0.1, 0.15) is 284 Å². The van der Waals surface area contributed by atoms with Gasteiger partial charge in [-0.15, -0.1) is 0 Å². The molecule has 0 radical (unpaired) electrons. The lowest BCUT2D eigenvalue weighted by atomic mass is 9.96. The van der Waals surface area contributed by atoms with E-state index in [-0.39, 0.29) is 18.9 Å². The molecule has 1 amide bonds. The van der Waals surface area contributed by atoms with Gasteiger partial charge in [-0.1, -0.05) is 261 Å². The van der Waals surface area contributed by atoms with Crippen molar-refractivity contribution >= 4 is 5.91 Å². The molecule has 0 spiro atoms. The van der Waals surface area contributed by atoms with Gasteiger partial charge in [-0.2, -0.15) is 0 Å². The van der Waals surface area contributed by atoms with E-state index in [2.05, 4.69) is 67.8 Å². The number of carbonyl (C=O) groups is 1. The summed E-state index contributed by atoms with van der Waals surface area (Å²) in [7, 11) is 0. The van der Waals surface area contributed by atoms with Crippen LogP contribution in [0.15, 0.2) is 60.8 Å². The summed E-state index contributed by atoms with van der Waals surface area (Å²) in [5, 5.41) is 121. The molecule has 0 aromatic carbocycles. The Morgan fingerprint density at radius 3 is 1.13 bits per heavy atom. The number of hydrogen-bond acceptors (Lipinski definition) is 18. The second kappa shape index (κ2) is 57.2. The lowest BCUT2D eigenvalue weighted by molar-refractivity contribution is -0.379. The Balaban J connectivity index is 1.40. The lowest BCUT2D eigenvalue weighted by Crippen LogP contribution is -2.66. The third-order valence-corrected chi connectivity index (χ3v) is 18.8. The first kappa shape index (κ1) is 86.7. The molecule has 3 aliphatic heterocycles. The van der Waals surface area contributed by atoms with Gasteiger partial charge in [-0.25, -0.2) is 0 Å². The topological polar surface area (TPSA) is 307 Å². The van der Waals surface area contributed by atoms with E-state index in [1.807, 2.05) is 6.08 Å². The SMILES string of the molecule is CCCCCC/C=C\C/C=C\CCCCCCCCCC(=O)NC(COC1OC(CO)C(OC2OC(CO)C(OC3OC(CO)C(O)C(O)C3O)C(O)C2O)C(O)C1O)C(O)/C=C/CC/C=C/CC/C=C/CCCCCCCCCCCCCCCCCCCCCCCC. The van der Waals surface area contributed by atoms with Crippen molar-refractivity contribution in [3.05, 3.63) is 60.8 Å². The van der Waals surface area contributed by atoms with Crippen LogP contribution < -0.4 is 5.32 Å². The van der Waals surface area contributed by atoms with Gasteiger partial charge in [-0.3, -0.25) is 4.79 Å². The van der Waals surface area contributed by atoms with Crippen LogP contribution in [0.5, 0.6) is 0 Å². The van der Waals surface area contributed by atoms with E-state index < -0.39 is 124 Å². The Morgan fingerprint density at radius 2 is 0.705 bits per heavy atom. The maximum Gasteiger partial charge on any atom is 0.220 e. The van der Waals surface area contributed by atoms with Gasteiger partial charge < -0.3 is 89.9 Å². The molecule has 554 valence electrons. The van der Waals surface area contributed by atoms with Crippen LogP contribution in [0, 0.1) is 0 Å². The summed E-state index contributed by atoms with van der Waals surface area (Å²) in [6, 6.07) is -1.00. The third-order valence-electron chi connectivity index (χ3n) is 18.8. The van der Waals surface area contributed by atoms with Crippen molar-refractivity contribution in [3.8, 4) is 0 Å². The standard InChI is InChI=1S/C76H137NO18/c1-3-5-7-9-11-13-15-17-19-21-23-24-25-26-27-28-29-30-31-32-33-34-35-36-37-39-41-43-45-47-49-51-53-60(81)59(77-64(82)54-52-50-48-46-44-42-40-38-22-20-18-16-14-12-10-8-6-4-2)58-90-74-70(88)67(85)72(62(56-79)92-74)95-76-71(89)68(86)73(63(57-80)93-76)94-75-69(87)66(84)65(83)61(55-78)91-75/h14,16,20,22,36-37,43,45,51,53,59-63,65-76,78-81,83-89H,3-13,15,17-19,21,23-35,38-42,44,46-50,52,54-58H2,1-2H3,(H,77,82)/b16-14-,22-20-,37-36+,45-43+,53-51+. The van der Waals surface area contributed by atoms with Crippen LogP contribution >= 0.6 is 0 Å². The summed E-state index contributed by atoms with van der Waals surface area (Å²) in [5.74, 6) is -0.297. The molecule has 0 aromatic heterocycles. The van der Waals surface area contributed by atoms with E-state index in [0.29, 0.717) is 12.8 Å². The van der Waals surface area contributed by atoms with Crippen LogP contribution in [-0.2, 0) is 33.2 Å². The normalized spacial score (nSPS) is 27.5. The molecule has 12 N–H and O–H groups in total. The van der Waals surface area contributed by atoms with E-state index in [4.69, 9.17) is 28.4 Å². The summed E-state index contributed by atoms with van der Waals surface area (Å²) in [4.78, 5) is 13.4. The second-order valence-electron chi connectivity index (χ2n) is 27.1. The summed E-state index contributed by atoms with van der Waals surface area (Å²) in [5.41, 5.74) is 0. The number of ether oxygens (including phenoxy) is 6. The minimum atomic E-state index is -1.99. The zero-order valence-corrected chi connectivity index (χ0v) is 58.9. The molecule has 19 heteroatoms. The highest BCUT2D eigenvalue weighted by Gasteiger charge is 2.53. The van der Waals surface area contributed by atoms with Gasteiger partial charge in [0, 0.05) is 6.42 Å². The van der Waals surface area contributed by atoms with Crippen molar-refractivity contribution in [1.82, 2.24) is 5.32 Å². The molecule has 3 saturated heterocycles. The van der Waals surface area contributed by atoms with Crippen molar-refractivity contribution in [3.63, 3.8) is 0 Å². The van der Waals surface area contributed by atoms with Crippen LogP contribution in [0.4, 0.5) is 0 Å². The highest BCUT2D eigenvalue weighted by molar-refractivity contribution is 5.76. The Morgan fingerprint density at radius 1 is 0.379 bits per heavy atom. The molecule has 19 nitrogen and oxygen atoms in total. The number of carbonyl (C=O) groups excluding carboxylic acids is 1. The van der Waals surface area contributed by atoms with Crippen molar-refractivity contribution in [2.24, 2.45) is 0 Å². The Hall–Kier alpha value is -2.51. The molecule has 3 aliphatic rings. The molecule has 17 unspecified atom stereocenters. The summed E-state index contributed by atoms with van der Waals surface area (Å²) < 4.78 is 34.4. The van der Waals surface area contributed by atoms with Crippen molar-refractivity contribution in [2.45, 2.75) is 388 Å². The van der Waals surface area contributed by atoms with E-state index in [9.17, 15) is 61.0 Å². The number of allylic oxidation sites excluding steroid dienone is 9. The molecule has 3 heterocycles. The number of unbranched alkanes of at least 4 members (excludes halogenated alkanes) is 35. The van der Waals surface area contributed by atoms with Crippen LogP contribution in [0.2, 0.25) is 0 Å². The largest absolute Gasteiger partial charge is 0.394 e. The van der Waals surface area contributed by atoms with Gasteiger partial charge >= 0.3 is 0 Å². The van der Waals surface area contributed by atoms with Gasteiger partial charge in [0.2, 0.25) is 5.91 Å². The molecule has 17 atom stereocenters. The van der Waals surface area contributed by atoms with E-state index in [0.717, 1.165) is 83.5 Å². The quantitative estimate of drug-likeness (QED) is 0.0199. The van der Waals surface area contributed by atoms with E-state index in [1.54, 1.807) is 6.08 Å². The predicted octanol–water partition coefficient (Wildman–Crippen LogP) is 11.5. The zero-order chi connectivity index (χ0) is 68.9. The number of aliphatic hydroxyl groups excluding tert-OH is 11. The predicted molar refractivity (Wildman–Crippen MR) is 374 cm³/mol. The minimum absolute atomic E-state index is 0.221. The van der Waals surface area contributed by atoms with Crippen LogP contribution in [-0.4, -0.2) is 193 Å². The Bertz CT molecular complexity index is 1950. The molecular formula is C76H137NO18. The number of nitrogens with one attached hydrogen (secondary N) is 1. The van der Waals surface area contributed by atoms with Crippen LogP contribution in [0.25, 0.3) is 0 Å². The Labute approximate surface area is 573 Å². The van der Waals surface area contributed by atoms with Crippen molar-refractivity contribution in [1.29, 1.82) is 0 Å². The fourth-order valence-corrected chi connectivity index (χ4v) is 12.6. The fourth-order valence-electron chi connectivity index (χ4n) is 12.6. The fraction of sp³-hybridized carbons (Fsp3) is 0.855. The third kappa shape index (κ3) is 38.2.